The Kier molecular flexibility index (Phi) is 7.17. The molecule has 0 saturated heterocycles. The summed E-state index contributed by atoms with van der Waals surface area (Å²) in [6.07, 6.45) is 0.860. The van der Waals surface area contributed by atoms with Gasteiger partial charge in [-0.1, -0.05) is 6.07 Å². The van der Waals surface area contributed by atoms with Gasteiger partial charge in [0.1, 0.15) is 0 Å². The van der Waals surface area contributed by atoms with Gasteiger partial charge < -0.3 is 9.88 Å². The third kappa shape index (κ3) is 4.71. The third-order valence-electron chi connectivity index (χ3n) is 2.96. The smallest absolute Gasteiger partial charge is 0.161 e. The second-order valence-corrected chi connectivity index (χ2v) is 5.25. The molecule has 0 aliphatic carbocycles. The number of rotatable bonds is 5. The summed E-state index contributed by atoms with van der Waals surface area (Å²) < 4.78 is 10.8. The van der Waals surface area contributed by atoms with Gasteiger partial charge in [-0.25, -0.2) is 0 Å². The second-order valence-electron chi connectivity index (χ2n) is 4.68. The molecule has 2 rings (SSSR count). The molecule has 111 valence electrons. The van der Waals surface area contributed by atoms with Crippen molar-refractivity contribution in [1.82, 2.24) is 4.98 Å². The largest absolute Gasteiger partial charge is 0.378 e. The average molecular weight is 476 g/mol. The average Bonchev–Trinajstić information content (AvgIpc) is 2.47. The summed E-state index contributed by atoms with van der Waals surface area (Å²) in [5.74, 6) is 0. The van der Waals surface area contributed by atoms with E-state index in [4.69, 9.17) is 6.92 Å². The number of benzene rings is 1. The fourth-order valence-corrected chi connectivity index (χ4v) is 2.19. The van der Waals surface area contributed by atoms with E-state index in [1.165, 1.54) is 0 Å². The fourth-order valence-electron chi connectivity index (χ4n) is 1.90. The van der Waals surface area contributed by atoms with Gasteiger partial charge in [-0.05, 0) is 25.1 Å². The van der Waals surface area contributed by atoms with Crippen LogP contribution in [0.3, 0.4) is 0 Å². The molecule has 0 aliphatic heterocycles. The van der Waals surface area contributed by atoms with Crippen molar-refractivity contribution in [3.8, 4) is 11.3 Å². The molecule has 0 fully saturated rings. The number of nitrogens with zero attached hydrogens (tertiary/aromatic N) is 2. The van der Waals surface area contributed by atoms with Crippen LogP contribution >= 0.6 is 8.46 Å². The van der Waals surface area contributed by atoms with Gasteiger partial charge in [0.2, 0.25) is 0 Å². The molecule has 5 heteroatoms. The van der Waals surface area contributed by atoms with Crippen molar-refractivity contribution in [3.63, 3.8) is 0 Å². The molecule has 1 aromatic heterocycles. The summed E-state index contributed by atoms with van der Waals surface area (Å²) in [7, 11) is 4.01. The van der Waals surface area contributed by atoms with Crippen LogP contribution in [-0.4, -0.2) is 19.1 Å². The summed E-state index contributed by atoms with van der Waals surface area (Å²) in [5, 5.41) is 0. The molecular formula is C16H16IrN2OP-. The number of pyridine rings is 1. The molecule has 0 N–H and O–H groups in total. The minimum Gasteiger partial charge on any atom is -0.378 e. The zero-order chi connectivity index (χ0) is 14.5. The maximum atomic E-state index is 10.8. The molecule has 0 unspecified atom stereocenters. The van der Waals surface area contributed by atoms with E-state index in [2.05, 4.69) is 11.1 Å². The van der Waals surface area contributed by atoms with Gasteiger partial charge >= 0.3 is 0 Å². The molecule has 0 saturated carbocycles. The first-order valence-electron chi connectivity index (χ1n) is 6.33. The van der Waals surface area contributed by atoms with Crippen molar-refractivity contribution in [2.75, 3.05) is 19.0 Å². The zero-order valence-corrected chi connectivity index (χ0v) is 15.3. The first-order chi connectivity index (χ1) is 9.63. The third-order valence-corrected chi connectivity index (χ3v) is 3.41. The van der Waals surface area contributed by atoms with Crippen molar-refractivity contribution in [2.24, 2.45) is 0 Å². The van der Waals surface area contributed by atoms with E-state index in [0.29, 0.717) is 12.6 Å². The van der Waals surface area contributed by atoms with Crippen LogP contribution in [0.1, 0.15) is 11.3 Å². The summed E-state index contributed by atoms with van der Waals surface area (Å²) in [6, 6.07) is 13.0. The predicted octanol–water partition coefficient (Wildman–Crippen LogP) is 3.66. The molecule has 0 amide bonds. The molecule has 21 heavy (non-hydrogen) atoms. The Labute approximate surface area is 141 Å². The van der Waals surface area contributed by atoms with Crippen LogP contribution in [0.2, 0.25) is 0 Å². The maximum absolute atomic E-state index is 10.8. The van der Waals surface area contributed by atoms with E-state index < -0.39 is 0 Å². The van der Waals surface area contributed by atoms with Gasteiger partial charge in [-0.2, -0.15) is 0 Å². The van der Waals surface area contributed by atoms with E-state index in [1.807, 2.05) is 49.3 Å². The van der Waals surface area contributed by atoms with Crippen molar-refractivity contribution in [2.45, 2.75) is 12.6 Å². The zero-order valence-electron chi connectivity index (χ0n) is 12.0. The molecular weight excluding hydrogens is 459 g/mol. The quantitative estimate of drug-likeness (QED) is 0.489. The van der Waals surface area contributed by atoms with Crippen LogP contribution in [-0.2, 0) is 37.3 Å². The van der Waals surface area contributed by atoms with Crippen LogP contribution in [0.15, 0.2) is 30.3 Å². The Bertz CT molecular complexity index is 617. The molecule has 1 heterocycles. The maximum Gasteiger partial charge on any atom is 0.161 e. The first kappa shape index (κ1) is 18.0. The van der Waals surface area contributed by atoms with Crippen molar-refractivity contribution < 1.29 is 24.7 Å². The van der Waals surface area contributed by atoms with Crippen LogP contribution < -0.4 is 4.90 Å². The Morgan fingerprint density at radius 1 is 1.33 bits per heavy atom. The van der Waals surface area contributed by atoms with Crippen LogP contribution in [0.5, 0.6) is 0 Å². The molecule has 2 aromatic rings. The summed E-state index contributed by atoms with van der Waals surface area (Å²) in [6.45, 7) is 5.65. The van der Waals surface area contributed by atoms with E-state index in [9.17, 15) is 4.57 Å². The molecule has 0 aliphatic rings. The first-order valence-corrected chi connectivity index (χ1v) is 7.33. The molecule has 0 atom stereocenters. The monoisotopic (exact) mass is 476 g/mol. The normalized spacial score (nSPS) is 10.2. The van der Waals surface area contributed by atoms with Crippen LogP contribution in [0.25, 0.3) is 11.3 Å². The number of anilines is 1. The minimum absolute atomic E-state index is 0. The summed E-state index contributed by atoms with van der Waals surface area (Å²) in [4.78, 5) is 6.55. The molecule has 3 radical (unpaired) electrons. The van der Waals surface area contributed by atoms with Crippen LogP contribution in [0.4, 0.5) is 5.69 Å². The summed E-state index contributed by atoms with van der Waals surface area (Å²) >= 11 is 0. The SMILES string of the molecule is [CH]Cc1[c-]c(-c2cc(N(C)C)cc(CP=O)n2)ccc1.[Ir]. The molecule has 0 bridgehead atoms. The Hall–Kier alpha value is -1.08. The predicted molar refractivity (Wildman–Crippen MR) is 82.2 cm³/mol. The van der Waals surface area contributed by atoms with Crippen LogP contribution in [0, 0.1) is 13.0 Å². The standard InChI is InChI=1S/C16H16N2OP.Ir/c1-4-12-6-5-7-13(8-12)16-10-15(18(2)3)9-14(17-16)11-20-19;/h1,5-7,9-10H,4,11H2,2-3H3;/q-1;. The molecule has 1 aromatic carbocycles. The number of aromatic nitrogens is 1. The molecule has 3 nitrogen and oxygen atoms in total. The van der Waals surface area contributed by atoms with Gasteiger partial charge in [0, 0.05) is 45.6 Å². The topological polar surface area (TPSA) is 33.2 Å². The van der Waals surface area contributed by atoms with E-state index >= 15 is 0 Å². The van der Waals surface area contributed by atoms with E-state index in [1.54, 1.807) is 0 Å². The number of hydrogen-bond donors (Lipinski definition) is 0. The van der Waals surface area contributed by atoms with Gasteiger partial charge in [-0.3, -0.25) is 4.57 Å². The fraction of sp³-hybridized carbons (Fsp3) is 0.250. The van der Waals surface area contributed by atoms with E-state index in [0.717, 1.165) is 28.2 Å². The second kappa shape index (κ2) is 8.38. The van der Waals surface area contributed by atoms with E-state index in [-0.39, 0.29) is 28.6 Å². The molecule has 0 spiro atoms. The van der Waals surface area contributed by atoms with Gasteiger partial charge in [-0.15, -0.1) is 35.4 Å². The Morgan fingerprint density at radius 2 is 2.10 bits per heavy atom. The van der Waals surface area contributed by atoms with Crippen molar-refractivity contribution >= 4 is 14.1 Å². The van der Waals surface area contributed by atoms with Crippen molar-refractivity contribution in [1.29, 1.82) is 0 Å². The van der Waals surface area contributed by atoms with Crippen molar-refractivity contribution in [3.05, 3.63) is 54.6 Å². The number of hydrogen-bond acceptors (Lipinski definition) is 3. The Balaban J connectivity index is 0.00000220. The van der Waals surface area contributed by atoms with Gasteiger partial charge in [0.05, 0.1) is 6.16 Å². The minimum atomic E-state index is 0. The van der Waals surface area contributed by atoms with Gasteiger partial charge in [0.25, 0.3) is 0 Å². The Morgan fingerprint density at radius 3 is 2.71 bits per heavy atom. The van der Waals surface area contributed by atoms with Gasteiger partial charge in [0.15, 0.2) is 8.46 Å². The summed E-state index contributed by atoms with van der Waals surface area (Å²) in [5.41, 5.74) is 4.50.